The van der Waals surface area contributed by atoms with Gasteiger partial charge in [0.25, 0.3) is 0 Å². The molecule has 0 radical (unpaired) electrons. The van der Waals surface area contributed by atoms with Gasteiger partial charge in [-0.05, 0) is 30.3 Å². The minimum Gasteiger partial charge on any atom is -0.545 e. The van der Waals surface area contributed by atoms with Crippen molar-refractivity contribution in [3.05, 3.63) is 59.9 Å². The lowest BCUT2D eigenvalue weighted by Crippen LogP contribution is -2.31. The van der Waals surface area contributed by atoms with Crippen molar-refractivity contribution in [1.29, 1.82) is 0 Å². The summed E-state index contributed by atoms with van der Waals surface area (Å²) in [6, 6.07) is 11.2. The lowest BCUT2D eigenvalue weighted by atomic mass is 10.2. The number of halogens is 1. The molecule has 0 saturated carbocycles. The Bertz CT molecular complexity index is 822. The van der Waals surface area contributed by atoms with Crippen LogP contribution in [0.3, 0.4) is 0 Å². The molecule has 1 fully saturated rings. The van der Waals surface area contributed by atoms with E-state index < -0.39 is 28.9 Å². The van der Waals surface area contributed by atoms with Gasteiger partial charge in [-0.15, -0.1) is 11.8 Å². The maximum atomic E-state index is 13.0. The first kappa shape index (κ1) is 16.2. The SMILES string of the molecule is O=C([O-])c1ccccc1SC1CC(=O)N(c2ccc(F)cc2)C1=O. The van der Waals surface area contributed by atoms with Crippen molar-refractivity contribution in [1.82, 2.24) is 0 Å². The summed E-state index contributed by atoms with van der Waals surface area (Å²) in [4.78, 5) is 37.2. The number of nitrogens with zero attached hydrogens (tertiary/aromatic N) is 1. The molecule has 1 heterocycles. The van der Waals surface area contributed by atoms with Crippen molar-refractivity contribution >= 4 is 35.2 Å². The second-order valence-electron chi connectivity index (χ2n) is 5.14. The zero-order chi connectivity index (χ0) is 17.3. The van der Waals surface area contributed by atoms with E-state index in [0.29, 0.717) is 10.6 Å². The monoisotopic (exact) mass is 344 g/mol. The molecule has 7 heteroatoms. The fourth-order valence-electron chi connectivity index (χ4n) is 2.45. The normalized spacial score (nSPS) is 17.4. The molecule has 1 atom stereocenters. The molecule has 2 aromatic rings. The summed E-state index contributed by atoms with van der Waals surface area (Å²) < 4.78 is 13.0. The number of imide groups is 1. The predicted molar refractivity (Wildman–Crippen MR) is 83.9 cm³/mol. The number of carboxylic acids is 1. The van der Waals surface area contributed by atoms with Crippen LogP contribution < -0.4 is 10.0 Å². The first-order valence-corrected chi connectivity index (χ1v) is 7.94. The number of anilines is 1. The maximum absolute atomic E-state index is 13.0. The summed E-state index contributed by atoms with van der Waals surface area (Å²) in [5, 5.41) is 10.4. The van der Waals surface area contributed by atoms with E-state index in [1.807, 2.05) is 0 Å². The highest BCUT2D eigenvalue weighted by Crippen LogP contribution is 2.35. The zero-order valence-electron chi connectivity index (χ0n) is 12.3. The van der Waals surface area contributed by atoms with Crippen molar-refractivity contribution < 1.29 is 23.9 Å². The Balaban J connectivity index is 1.85. The van der Waals surface area contributed by atoms with Crippen LogP contribution in [0, 0.1) is 5.82 Å². The molecule has 122 valence electrons. The fraction of sp³-hybridized carbons (Fsp3) is 0.118. The Morgan fingerprint density at radius 2 is 1.79 bits per heavy atom. The molecule has 0 aromatic heterocycles. The van der Waals surface area contributed by atoms with Crippen LogP contribution in [0.4, 0.5) is 10.1 Å². The second kappa shape index (κ2) is 6.45. The maximum Gasteiger partial charge on any atom is 0.247 e. The van der Waals surface area contributed by atoms with Gasteiger partial charge in [0.15, 0.2) is 0 Å². The summed E-state index contributed by atoms with van der Waals surface area (Å²) in [7, 11) is 0. The first-order chi connectivity index (χ1) is 11.5. The van der Waals surface area contributed by atoms with Gasteiger partial charge >= 0.3 is 0 Å². The number of carboxylic acid groups (broad SMARTS) is 1. The second-order valence-corrected chi connectivity index (χ2v) is 6.38. The Hall–Kier alpha value is -2.67. The molecule has 0 spiro atoms. The Kier molecular flexibility index (Phi) is 4.35. The number of rotatable bonds is 4. The number of benzene rings is 2. The Morgan fingerprint density at radius 1 is 1.12 bits per heavy atom. The summed E-state index contributed by atoms with van der Waals surface area (Å²) in [5.41, 5.74) is 0.269. The molecular weight excluding hydrogens is 333 g/mol. The molecule has 2 amide bonds. The van der Waals surface area contributed by atoms with Gasteiger partial charge in [-0.1, -0.05) is 18.2 Å². The van der Waals surface area contributed by atoms with E-state index in [1.165, 1.54) is 30.3 Å². The quantitative estimate of drug-likeness (QED) is 0.788. The van der Waals surface area contributed by atoms with Gasteiger partial charge in [-0.2, -0.15) is 0 Å². The molecule has 0 bridgehead atoms. The molecule has 1 saturated heterocycles. The Labute approximate surface area is 141 Å². The Morgan fingerprint density at radius 3 is 2.46 bits per heavy atom. The highest BCUT2D eigenvalue weighted by atomic mass is 32.2. The van der Waals surface area contributed by atoms with Crippen LogP contribution in [-0.2, 0) is 9.59 Å². The lowest BCUT2D eigenvalue weighted by molar-refractivity contribution is -0.255. The van der Waals surface area contributed by atoms with Crippen LogP contribution in [0.25, 0.3) is 0 Å². The van der Waals surface area contributed by atoms with Gasteiger partial charge in [0.1, 0.15) is 5.82 Å². The van der Waals surface area contributed by atoms with E-state index in [-0.39, 0.29) is 12.0 Å². The zero-order valence-corrected chi connectivity index (χ0v) is 13.1. The van der Waals surface area contributed by atoms with Crippen LogP contribution in [-0.4, -0.2) is 23.0 Å². The number of thioether (sulfide) groups is 1. The van der Waals surface area contributed by atoms with Crippen molar-refractivity contribution in [3.63, 3.8) is 0 Å². The molecule has 1 unspecified atom stereocenters. The third-order valence-electron chi connectivity index (χ3n) is 3.57. The van der Waals surface area contributed by atoms with Gasteiger partial charge in [-0.25, -0.2) is 9.29 Å². The van der Waals surface area contributed by atoms with Gasteiger partial charge in [0.2, 0.25) is 11.8 Å². The van der Waals surface area contributed by atoms with Crippen LogP contribution in [0.5, 0.6) is 0 Å². The molecule has 0 N–H and O–H groups in total. The molecule has 1 aliphatic rings. The molecule has 2 aromatic carbocycles. The predicted octanol–water partition coefficient (Wildman–Crippen LogP) is 1.61. The number of carbonyl (C=O) groups excluding carboxylic acids is 3. The molecule has 5 nitrogen and oxygen atoms in total. The van der Waals surface area contributed by atoms with E-state index in [0.717, 1.165) is 16.7 Å². The van der Waals surface area contributed by atoms with Crippen molar-refractivity contribution in [2.75, 3.05) is 4.90 Å². The van der Waals surface area contributed by atoms with Gasteiger partial charge in [0, 0.05) is 16.9 Å². The van der Waals surface area contributed by atoms with E-state index >= 15 is 0 Å². The number of amides is 2. The van der Waals surface area contributed by atoms with Crippen molar-refractivity contribution in [3.8, 4) is 0 Å². The number of carbonyl (C=O) groups is 3. The topological polar surface area (TPSA) is 77.5 Å². The smallest absolute Gasteiger partial charge is 0.247 e. The van der Waals surface area contributed by atoms with E-state index in [1.54, 1.807) is 18.2 Å². The minimum atomic E-state index is -1.34. The fourth-order valence-corrected chi connectivity index (χ4v) is 3.62. The number of hydrogen-bond acceptors (Lipinski definition) is 5. The number of hydrogen-bond donors (Lipinski definition) is 0. The third-order valence-corrected chi connectivity index (χ3v) is 4.83. The average Bonchev–Trinajstić information content (AvgIpc) is 2.83. The molecule has 0 aliphatic carbocycles. The van der Waals surface area contributed by atoms with Gasteiger partial charge in [0.05, 0.1) is 16.9 Å². The van der Waals surface area contributed by atoms with Crippen LogP contribution in [0.1, 0.15) is 16.8 Å². The van der Waals surface area contributed by atoms with Gasteiger partial charge < -0.3 is 9.90 Å². The van der Waals surface area contributed by atoms with Crippen LogP contribution in [0.2, 0.25) is 0 Å². The summed E-state index contributed by atoms with van der Waals surface area (Å²) >= 11 is 1.01. The third kappa shape index (κ3) is 3.03. The first-order valence-electron chi connectivity index (χ1n) is 7.07. The van der Waals surface area contributed by atoms with Crippen LogP contribution >= 0.6 is 11.8 Å². The largest absolute Gasteiger partial charge is 0.545 e. The molecule has 3 rings (SSSR count). The standard InChI is InChI=1S/C17H12FNO4S/c18-10-5-7-11(8-6-10)19-15(20)9-14(16(19)21)24-13-4-2-1-3-12(13)17(22)23/h1-8,14H,9H2,(H,22,23)/p-1. The summed E-state index contributed by atoms with van der Waals surface area (Å²) in [5.74, 6) is -2.67. The van der Waals surface area contributed by atoms with E-state index in [9.17, 15) is 23.9 Å². The summed E-state index contributed by atoms with van der Waals surface area (Å²) in [6.07, 6.45) is -0.0533. The van der Waals surface area contributed by atoms with E-state index in [4.69, 9.17) is 0 Å². The van der Waals surface area contributed by atoms with Gasteiger partial charge in [-0.3, -0.25) is 9.59 Å². The number of aromatic carboxylic acids is 1. The molecule has 1 aliphatic heterocycles. The summed E-state index contributed by atoms with van der Waals surface area (Å²) in [6.45, 7) is 0. The lowest BCUT2D eigenvalue weighted by Gasteiger charge is -2.16. The minimum absolute atomic E-state index is 0.0250. The van der Waals surface area contributed by atoms with E-state index in [2.05, 4.69) is 0 Å². The molecular formula is C17H11FNO4S-. The van der Waals surface area contributed by atoms with Crippen molar-refractivity contribution in [2.45, 2.75) is 16.6 Å². The van der Waals surface area contributed by atoms with Crippen molar-refractivity contribution in [2.24, 2.45) is 0 Å². The molecule has 24 heavy (non-hydrogen) atoms. The highest BCUT2D eigenvalue weighted by molar-refractivity contribution is 8.00. The van der Waals surface area contributed by atoms with Crippen LogP contribution in [0.15, 0.2) is 53.4 Å². The average molecular weight is 344 g/mol. The highest BCUT2D eigenvalue weighted by Gasteiger charge is 2.40.